The summed E-state index contributed by atoms with van der Waals surface area (Å²) in [7, 11) is 0. The van der Waals surface area contributed by atoms with E-state index in [-0.39, 0.29) is 30.8 Å². The number of carbonyl (C=O) groups excluding carboxylic acids is 2. The monoisotopic (exact) mass is 376 g/mol. The molecule has 0 aliphatic carbocycles. The number of aromatic nitrogens is 2. The Morgan fingerprint density at radius 1 is 1.15 bits per heavy atom. The average molecular weight is 377 g/mol. The Bertz CT molecular complexity index is 766. The van der Waals surface area contributed by atoms with Crippen LogP contribution in [0.25, 0.3) is 0 Å². The van der Waals surface area contributed by atoms with Gasteiger partial charge in [-0.25, -0.2) is 0 Å². The molecule has 3 heterocycles. The smallest absolute Gasteiger partial charge is 0.261 e. The maximum Gasteiger partial charge on any atom is 0.261 e. The normalized spacial score (nSPS) is 19.4. The van der Waals surface area contributed by atoms with E-state index in [0.717, 1.165) is 19.4 Å². The molecular weight excluding hydrogens is 356 g/mol. The molecule has 2 aromatic rings. The number of carbonyl (C=O) groups is 2. The molecule has 4 rings (SSSR count). The molecular formula is C18H21ClN4O3. The van der Waals surface area contributed by atoms with Gasteiger partial charge in [0.1, 0.15) is 0 Å². The topological polar surface area (TPSA) is 88.3 Å². The molecule has 1 unspecified atom stereocenters. The van der Waals surface area contributed by atoms with E-state index in [1.165, 1.54) is 17.7 Å². The molecule has 26 heavy (non-hydrogen) atoms. The Morgan fingerprint density at radius 2 is 1.88 bits per heavy atom. The second-order valence-corrected chi connectivity index (χ2v) is 6.51. The third kappa shape index (κ3) is 3.64. The molecule has 2 aliphatic rings. The van der Waals surface area contributed by atoms with Crippen molar-refractivity contribution in [3.05, 3.63) is 47.1 Å². The van der Waals surface area contributed by atoms with E-state index in [1.807, 2.05) is 0 Å². The predicted octanol–water partition coefficient (Wildman–Crippen LogP) is 2.01. The van der Waals surface area contributed by atoms with Crippen molar-refractivity contribution in [2.24, 2.45) is 0 Å². The van der Waals surface area contributed by atoms with Gasteiger partial charge in [0, 0.05) is 25.4 Å². The first-order valence-electron chi connectivity index (χ1n) is 8.72. The number of halogens is 1. The lowest BCUT2D eigenvalue weighted by Crippen LogP contribution is -2.35. The summed E-state index contributed by atoms with van der Waals surface area (Å²) in [6.45, 7) is 1.29. The number of imide groups is 1. The van der Waals surface area contributed by atoms with Gasteiger partial charge in [-0.1, -0.05) is 23.7 Å². The molecule has 1 saturated heterocycles. The molecule has 1 aromatic heterocycles. The number of fused-ring (bicyclic) bond motifs is 1. The van der Waals surface area contributed by atoms with Gasteiger partial charge in [0.2, 0.25) is 5.89 Å². The van der Waals surface area contributed by atoms with E-state index in [2.05, 4.69) is 15.5 Å². The largest absolute Gasteiger partial charge is 0.339 e. The molecule has 1 atom stereocenters. The van der Waals surface area contributed by atoms with Gasteiger partial charge in [0.25, 0.3) is 11.8 Å². The number of rotatable bonds is 5. The number of benzene rings is 1. The highest BCUT2D eigenvalue weighted by molar-refractivity contribution is 6.21. The molecule has 138 valence electrons. The minimum absolute atomic E-state index is 0. The first-order chi connectivity index (χ1) is 12.2. The number of amides is 2. The quantitative estimate of drug-likeness (QED) is 0.803. The van der Waals surface area contributed by atoms with Gasteiger partial charge in [-0.2, -0.15) is 4.98 Å². The maximum absolute atomic E-state index is 12.3. The van der Waals surface area contributed by atoms with Crippen LogP contribution in [-0.4, -0.2) is 46.0 Å². The molecule has 0 spiro atoms. The van der Waals surface area contributed by atoms with Gasteiger partial charge >= 0.3 is 0 Å². The van der Waals surface area contributed by atoms with Gasteiger partial charge in [-0.3, -0.25) is 14.5 Å². The SMILES string of the molecule is Cl.O=C1c2ccccc2C(=O)N1CCc1noc(CC2CCCCN2)n1. The number of nitrogens with one attached hydrogen (secondary N) is 1. The molecule has 8 heteroatoms. The average Bonchev–Trinajstić information content (AvgIpc) is 3.18. The van der Waals surface area contributed by atoms with E-state index in [9.17, 15) is 9.59 Å². The molecule has 2 aliphatic heterocycles. The Balaban J connectivity index is 0.00000196. The zero-order valence-electron chi connectivity index (χ0n) is 14.3. The van der Waals surface area contributed by atoms with E-state index < -0.39 is 0 Å². The minimum atomic E-state index is -0.254. The number of hydrogen-bond acceptors (Lipinski definition) is 6. The Kier molecular flexibility index (Phi) is 5.68. The Labute approximate surface area is 157 Å². The van der Waals surface area contributed by atoms with Crippen LogP contribution >= 0.6 is 12.4 Å². The van der Waals surface area contributed by atoms with Crippen LogP contribution in [-0.2, 0) is 12.8 Å². The van der Waals surface area contributed by atoms with Gasteiger partial charge in [-0.15, -0.1) is 12.4 Å². The van der Waals surface area contributed by atoms with Crippen molar-refractivity contribution < 1.29 is 14.1 Å². The van der Waals surface area contributed by atoms with Crippen LogP contribution in [0, 0.1) is 0 Å². The minimum Gasteiger partial charge on any atom is -0.339 e. The third-order valence-electron chi connectivity index (χ3n) is 4.78. The Hall–Kier alpha value is -2.25. The fourth-order valence-corrected chi connectivity index (χ4v) is 3.44. The summed E-state index contributed by atoms with van der Waals surface area (Å²) in [6.07, 6.45) is 4.67. The van der Waals surface area contributed by atoms with Crippen LogP contribution in [0.5, 0.6) is 0 Å². The second kappa shape index (κ2) is 7.97. The summed E-state index contributed by atoms with van der Waals surface area (Å²) < 4.78 is 5.31. The van der Waals surface area contributed by atoms with Crippen LogP contribution in [0.15, 0.2) is 28.8 Å². The van der Waals surface area contributed by atoms with Crippen LogP contribution in [0.3, 0.4) is 0 Å². The van der Waals surface area contributed by atoms with Gasteiger partial charge in [0.05, 0.1) is 11.1 Å². The first kappa shape index (κ1) is 18.5. The number of nitrogens with zero attached hydrogens (tertiary/aromatic N) is 3. The summed E-state index contributed by atoms with van der Waals surface area (Å²) in [6, 6.07) is 7.27. The van der Waals surface area contributed by atoms with Crippen molar-refractivity contribution in [1.82, 2.24) is 20.4 Å². The highest BCUT2D eigenvalue weighted by atomic mass is 35.5. The number of piperidine rings is 1. The van der Waals surface area contributed by atoms with Crippen molar-refractivity contribution in [1.29, 1.82) is 0 Å². The van der Waals surface area contributed by atoms with Crippen molar-refractivity contribution >= 4 is 24.2 Å². The van der Waals surface area contributed by atoms with Crippen LogP contribution in [0.2, 0.25) is 0 Å². The second-order valence-electron chi connectivity index (χ2n) is 6.51. The molecule has 2 amide bonds. The molecule has 1 fully saturated rings. The lowest BCUT2D eigenvalue weighted by molar-refractivity contribution is 0.0655. The highest BCUT2D eigenvalue weighted by Gasteiger charge is 2.34. The molecule has 1 aromatic carbocycles. The van der Waals surface area contributed by atoms with E-state index >= 15 is 0 Å². The summed E-state index contributed by atoms with van der Waals surface area (Å²) in [5, 5.41) is 7.43. The van der Waals surface area contributed by atoms with Crippen LogP contribution in [0.4, 0.5) is 0 Å². The van der Waals surface area contributed by atoms with Gasteiger partial charge in [-0.05, 0) is 31.5 Å². The summed E-state index contributed by atoms with van der Waals surface area (Å²) in [5.41, 5.74) is 0.925. The van der Waals surface area contributed by atoms with E-state index in [1.54, 1.807) is 24.3 Å². The molecule has 0 bridgehead atoms. The fourth-order valence-electron chi connectivity index (χ4n) is 3.44. The molecule has 0 radical (unpaired) electrons. The lowest BCUT2D eigenvalue weighted by atomic mass is 10.0. The number of hydrogen-bond donors (Lipinski definition) is 1. The summed E-state index contributed by atoms with van der Waals surface area (Å²) in [5.74, 6) is 0.630. The molecule has 7 nitrogen and oxygen atoms in total. The van der Waals surface area contributed by atoms with Crippen LogP contribution < -0.4 is 5.32 Å². The maximum atomic E-state index is 12.3. The lowest BCUT2D eigenvalue weighted by Gasteiger charge is -2.21. The Morgan fingerprint density at radius 3 is 2.54 bits per heavy atom. The van der Waals surface area contributed by atoms with Crippen molar-refractivity contribution in [2.45, 2.75) is 38.1 Å². The molecule has 1 N–H and O–H groups in total. The third-order valence-corrected chi connectivity index (χ3v) is 4.78. The first-order valence-corrected chi connectivity index (χ1v) is 8.72. The van der Waals surface area contributed by atoms with Crippen molar-refractivity contribution in [3.63, 3.8) is 0 Å². The summed E-state index contributed by atoms with van der Waals surface area (Å²) >= 11 is 0. The summed E-state index contributed by atoms with van der Waals surface area (Å²) in [4.78, 5) is 30.3. The van der Waals surface area contributed by atoms with E-state index in [0.29, 0.717) is 35.3 Å². The van der Waals surface area contributed by atoms with Crippen molar-refractivity contribution in [3.8, 4) is 0 Å². The standard InChI is InChI=1S/C18H20N4O3.ClH/c23-17-13-6-1-2-7-14(13)18(24)22(17)10-8-15-20-16(25-21-15)11-12-5-3-4-9-19-12;/h1-2,6-7,12,19H,3-5,8-11H2;1H. The fraction of sp³-hybridized carbons (Fsp3) is 0.444. The highest BCUT2D eigenvalue weighted by Crippen LogP contribution is 2.22. The molecule has 0 saturated carbocycles. The van der Waals surface area contributed by atoms with Gasteiger partial charge in [0.15, 0.2) is 5.82 Å². The van der Waals surface area contributed by atoms with Crippen LogP contribution in [0.1, 0.15) is 51.7 Å². The van der Waals surface area contributed by atoms with Crippen molar-refractivity contribution in [2.75, 3.05) is 13.1 Å². The zero-order valence-corrected chi connectivity index (χ0v) is 15.1. The van der Waals surface area contributed by atoms with Gasteiger partial charge < -0.3 is 9.84 Å². The zero-order chi connectivity index (χ0) is 17.2. The van der Waals surface area contributed by atoms with E-state index in [4.69, 9.17) is 4.52 Å². The predicted molar refractivity (Wildman–Crippen MR) is 96.4 cm³/mol.